The van der Waals surface area contributed by atoms with Crippen LogP contribution in [0.1, 0.15) is 18.4 Å². The van der Waals surface area contributed by atoms with E-state index in [1.165, 1.54) is 0 Å². The van der Waals surface area contributed by atoms with Crippen molar-refractivity contribution in [2.24, 2.45) is 0 Å². The van der Waals surface area contributed by atoms with Crippen LogP contribution in [0, 0.1) is 0 Å². The largest absolute Gasteiger partial charge is 0.377 e. The molecule has 1 aromatic carbocycles. The van der Waals surface area contributed by atoms with E-state index < -0.39 is 0 Å². The number of nitrogens with one attached hydrogen (secondary N) is 1. The molecule has 1 fully saturated rings. The zero-order valence-electron chi connectivity index (χ0n) is 12.1. The van der Waals surface area contributed by atoms with Gasteiger partial charge in [0.15, 0.2) is 0 Å². The van der Waals surface area contributed by atoms with Gasteiger partial charge in [0.25, 0.3) is 0 Å². The number of hydrogen-bond donors (Lipinski definition) is 1. The molecular weight excluding hydrogens is 311 g/mol. The minimum Gasteiger partial charge on any atom is -0.377 e. The van der Waals surface area contributed by atoms with E-state index in [2.05, 4.69) is 5.32 Å². The first-order valence-corrected chi connectivity index (χ1v) is 7.82. The van der Waals surface area contributed by atoms with Crippen molar-refractivity contribution in [3.63, 3.8) is 0 Å². The maximum atomic E-state index is 12.0. The highest BCUT2D eigenvalue weighted by Crippen LogP contribution is 2.23. The fourth-order valence-corrected chi connectivity index (χ4v) is 2.60. The van der Waals surface area contributed by atoms with Crippen molar-refractivity contribution in [1.82, 2.24) is 10.2 Å². The molecule has 0 radical (unpaired) electrons. The van der Waals surface area contributed by atoms with Crippen LogP contribution in [0.4, 0.5) is 0 Å². The molecule has 0 aromatic heterocycles. The SMILES string of the molecule is CN(Cc1ccc(Cl)c(Cl)c1)C(=O)CNCC1CCCO1. The van der Waals surface area contributed by atoms with Gasteiger partial charge in [-0.25, -0.2) is 0 Å². The van der Waals surface area contributed by atoms with Crippen LogP contribution in [0.25, 0.3) is 0 Å². The summed E-state index contributed by atoms with van der Waals surface area (Å²) in [5.74, 6) is 0.0408. The van der Waals surface area contributed by atoms with Gasteiger partial charge in [-0.2, -0.15) is 0 Å². The number of amides is 1. The minimum atomic E-state index is 0.0408. The topological polar surface area (TPSA) is 41.6 Å². The number of hydrogen-bond acceptors (Lipinski definition) is 3. The van der Waals surface area contributed by atoms with Gasteiger partial charge in [0.1, 0.15) is 0 Å². The zero-order chi connectivity index (χ0) is 15.2. The zero-order valence-corrected chi connectivity index (χ0v) is 13.6. The smallest absolute Gasteiger partial charge is 0.236 e. The number of carbonyl (C=O) groups excluding carboxylic acids is 1. The molecule has 1 aliphatic rings. The average molecular weight is 331 g/mol. The molecule has 0 spiro atoms. The summed E-state index contributed by atoms with van der Waals surface area (Å²) in [7, 11) is 1.78. The first-order valence-electron chi connectivity index (χ1n) is 7.06. The predicted octanol–water partition coefficient (Wildman–Crippen LogP) is 2.72. The summed E-state index contributed by atoms with van der Waals surface area (Å²) in [4.78, 5) is 13.7. The van der Waals surface area contributed by atoms with Crippen LogP contribution < -0.4 is 5.32 Å². The van der Waals surface area contributed by atoms with Gasteiger partial charge >= 0.3 is 0 Å². The molecule has 1 unspecified atom stereocenters. The average Bonchev–Trinajstić information content (AvgIpc) is 2.96. The first-order chi connectivity index (χ1) is 10.1. The van der Waals surface area contributed by atoms with E-state index in [9.17, 15) is 4.79 Å². The lowest BCUT2D eigenvalue weighted by Gasteiger charge is -2.18. The summed E-state index contributed by atoms with van der Waals surface area (Å²) in [5.41, 5.74) is 0.958. The summed E-state index contributed by atoms with van der Waals surface area (Å²) in [6.07, 6.45) is 2.43. The number of likely N-dealkylation sites (N-methyl/N-ethyl adjacent to an activating group) is 1. The first kappa shape index (κ1) is 16.6. The van der Waals surface area contributed by atoms with Crippen molar-refractivity contribution in [1.29, 1.82) is 0 Å². The Hall–Kier alpha value is -0.810. The van der Waals surface area contributed by atoms with E-state index in [4.69, 9.17) is 27.9 Å². The fourth-order valence-electron chi connectivity index (χ4n) is 2.28. The molecule has 1 amide bonds. The maximum absolute atomic E-state index is 12.0. The van der Waals surface area contributed by atoms with Gasteiger partial charge in [-0.3, -0.25) is 4.79 Å². The Bertz CT molecular complexity index is 491. The number of benzene rings is 1. The normalized spacial score (nSPS) is 18.0. The quantitative estimate of drug-likeness (QED) is 0.871. The van der Waals surface area contributed by atoms with Crippen LogP contribution in [-0.2, 0) is 16.1 Å². The molecule has 2 rings (SSSR count). The Morgan fingerprint density at radius 3 is 2.90 bits per heavy atom. The highest BCUT2D eigenvalue weighted by atomic mass is 35.5. The molecule has 0 aliphatic carbocycles. The van der Waals surface area contributed by atoms with Crippen molar-refractivity contribution in [2.45, 2.75) is 25.5 Å². The van der Waals surface area contributed by atoms with Crippen LogP contribution in [0.2, 0.25) is 10.0 Å². The molecule has 1 heterocycles. The van der Waals surface area contributed by atoms with E-state index in [0.717, 1.165) is 31.6 Å². The lowest BCUT2D eigenvalue weighted by atomic mass is 10.2. The second kappa shape index (κ2) is 7.99. The maximum Gasteiger partial charge on any atom is 0.236 e. The molecule has 1 atom stereocenters. The van der Waals surface area contributed by atoms with Crippen molar-refractivity contribution in [2.75, 3.05) is 26.7 Å². The lowest BCUT2D eigenvalue weighted by Crippen LogP contribution is -2.38. The molecule has 0 bridgehead atoms. The molecule has 6 heteroatoms. The Kier molecular flexibility index (Phi) is 6.30. The van der Waals surface area contributed by atoms with Gasteiger partial charge in [0.2, 0.25) is 5.91 Å². The van der Waals surface area contributed by atoms with Gasteiger partial charge < -0.3 is 15.0 Å². The minimum absolute atomic E-state index is 0.0408. The highest BCUT2D eigenvalue weighted by Gasteiger charge is 2.16. The molecular formula is C15H20Cl2N2O2. The van der Waals surface area contributed by atoms with Crippen molar-refractivity contribution >= 4 is 29.1 Å². The second-order valence-electron chi connectivity index (χ2n) is 5.26. The third kappa shape index (κ3) is 5.15. The Morgan fingerprint density at radius 1 is 1.43 bits per heavy atom. The van der Waals surface area contributed by atoms with Gasteiger partial charge in [0, 0.05) is 26.7 Å². The molecule has 1 aromatic rings. The summed E-state index contributed by atoms with van der Waals surface area (Å²) in [6.45, 7) is 2.39. The molecule has 1 saturated heterocycles. The molecule has 1 N–H and O–H groups in total. The number of rotatable bonds is 6. The molecule has 4 nitrogen and oxygen atoms in total. The Morgan fingerprint density at radius 2 is 2.24 bits per heavy atom. The Labute approximate surface area is 135 Å². The van der Waals surface area contributed by atoms with E-state index in [-0.39, 0.29) is 12.0 Å². The summed E-state index contributed by atoms with van der Waals surface area (Å²) >= 11 is 11.8. The second-order valence-corrected chi connectivity index (χ2v) is 6.08. The molecule has 21 heavy (non-hydrogen) atoms. The Balaban J connectivity index is 1.74. The third-order valence-electron chi connectivity index (χ3n) is 3.50. The van der Waals surface area contributed by atoms with Crippen molar-refractivity contribution in [3.05, 3.63) is 33.8 Å². The summed E-state index contributed by atoms with van der Waals surface area (Å²) in [5, 5.41) is 4.18. The fraction of sp³-hybridized carbons (Fsp3) is 0.533. The third-order valence-corrected chi connectivity index (χ3v) is 4.24. The van der Waals surface area contributed by atoms with Crippen LogP contribution in [0.3, 0.4) is 0 Å². The molecule has 116 valence electrons. The predicted molar refractivity (Wildman–Crippen MR) is 84.8 cm³/mol. The number of halogens is 2. The van der Waals surface area contributed by atoms with Gasteiger partial charge in [-0.1, -0.05) is 29.3 Å². The van der Waals surface area contributed by atoms with Gasteiger partial charge in [-0.15, -0.1) is 0 Å². The number of nitrogens with zero attached hydrogens (tertiary/aromatic N) is 1. The lowest BCUT2D eigenvalue weighted by molar-refractivity contribution is -0.129. The van der Waals surface area contributed by atoms with Crippen LogP contribution >= 0.6 is 23.2 Å². The standard InChI is InChI=1S/C15H20Cl2N2O2/c1-19(10-11-4-5-13(16)14(17)7-11)15(20)9-18-8-12-3-2-6-21-12/h4-5,7,12,18H,2-3,6,8-10H2,1H3. The van der Waals surface area contributed by atoms with Crippen LogP contribution in [0.5, 0.6) is 0 Å². The highest BCUT2D eigenvalue weighted by molar-refractivity contribution is 6.42. The van der Waals surface area contributed by atoms with Gasteiger partial charge in [-0.05, 0) is 30.5 Å². The van der Waals surface area contributed by atoms with E-state index in [1.54, 1.807) is 24.1 Å². The van der Waals surface area contributed by atoms with Crippen molar-refractivity contribution < 1.29 is 9.53 Å². The summed E-state index contributed by atoms with van der Waals surface area (Å²) in [6, 6.07) is 5.40. The monoisotopic (exact) mass is 330 g/mol. The van der Waals surface area contributed by atoms with E-state index in [0.29, 0.717) is 23.1 Å². The van der Waals surface area contributed by atoms with Crippen LogP contribution in [-0.4, -0.2) is 43.7 Å². The van der Waals surface area contributed by atoms with E-state index >= 15 is 0 Å². The number of ether oxygens (including phenoxy) is 1. The van der Waals surface area contributed by atoms with Crippen molar-refractivity contribution in [3.8, 4) is 0 Å². The van der Waals surface area contributed by atoms with Crippen LogP contribution in [0.15, 0.2) is 18.2 Å². The molecule has 1 aliphatic heterocycles. The van der Waals surface area contributed by atoms with E-state index in [1.807, 2.05) is 6.07 Å². The van der Waals surface area contributed by atoms with Gasteiger partial charge in [0.05, 0.1) is 22.7 Å². The number of carbonyl (C=O) groups is 1. The molecule has 0 saturated carbocycles. The summed E-state index contributed by atoms with van der Waals surface area (Å²) < 4.78 is 5.50.